The summed E-state index contributed by atoms with van der Waals surface area (Å²) in [5.41, 5.74) is 4.52. The lowest BCUT2D eigenvalue weighted by Gasteiger charge is -2.11. The summed E-state index contributed by atoms with van der Waals surface area (Å²) in [5, 5.41) is 9.94. The van der Waals surface area contributed by atoms with Crippen LogP contribution in [-0.2, 0) is 0 Å². The van der Waals surface area contributed by atoms with Crippen LogP contribution in [0.3, 0.4) is 0 Å². The summed E-state index contributed by atoms with van der Waals surface area (Å²) in [7, 11) is 0. The van der Waals surface area contributed by atoms with Crippen LogP contribution in [0.15, 0.2) is 109 Å². The van der Waals surface area contributed by atoms with Crippen molar-refractivity contribution in [2.45, 2.75) is 0 Å². The molecule has 32 heavy (non-hydrogen) atoms. The van der Waals surface area contributed by atoms with Crippen molar-refractivity contribution in [2.75, 3.05) is 10.6 Å². The van der Waals surface area contributed by atoms with Gasteiger partial charge in [-0.05, 0) is 36.4 Å². The van der Waals surface area contributed by atoms with E-state index in [-0.39, 0.29) is 0 Å². The summed E-state index contributed by atoms with van der Waals surface area (Å²) in [6.07, 6.45) is 0. The zero-order valence-corrected chi connectivity index (χ0v) is 18.8. The zero-order valence-electron chi connectivity index (χ0n) is 17.2. The molecule has 0 bridgehead atoms. The molecule has 0 fully saturated rings. The molecule has 2 N–H and O–H groups in total. The predicted octanol–water partition coefficient (Wildman–Crippen LogP) is 9.27. The molecule has 0 atom stereocenters. The second-order valence-corrected chi connectivity index (χ2v) is 9.69. The predicted molar refractivity (Wildman–Crippen MR) is 142 cm³/mol. The van der Waals surface area contributed by atoms with Crippen molar-refractivity contribution in [3.63, 3.8) is 0 Å². The van der Waals surface area contributed by atoms with Crippen molar-refractivity contribution >= 4 is 65.6 Å². The largest absolute Gasteiger partial charge is 0.354 e. The van der Waals surface area contributed by atoms with Crippen LogP contribution in [0.1, 0.15) is 0 Å². The van der Waals surface area contributed by atoms with E-state index in [1.807, 2.05) is 34.8 Å². The lowest BCUT2D eigenvalue weighted by Crippen LogP contribution is -1.93. The topological polar surface area (TPSA) is 24.1 Å². The Bertz CT molecular complexity index is 1400. The maximum atomic E-state index is 3.72. The minimum atomic E-state index is 1.09. The molecule has 2 nitrogen and oxygen atoms in total. The van der Waals surface area contributed by atoms with Gasteiger partial charge in [0.2, 0.25) is 0 Å². The summed E-state index contributed by atoms with van der Waals surface area (Å²) < 4.78 is 2.56. The Kier molecular flexibility index (Phi) is 4.87. The molecule has 0 spiro atoms. The van der Waals surface area contributed by atoms with Crippen molar-refractivity contribution in [3.8, 4) is 9.75 Å². The molecule has 2 aromatic heterocycles. The maximum Gasteiger partial charge on any atom is 0.0711 e. The van der Waals surface area contributed by atoms with Crippen LogP contribution in [0.2, 0.25) is 0 Å². The summed E-state index contributed by atoms with van der Waals surface area (Å²) in [6.45, 7) is 0. The molecule has 0 amide bonds. The number of hydrogen-bond donors (Lipinski definition) is 2. The Hall–Kier alpha value is -3.60. The number of fused-ring (bicyclic) bond motifs is 2. The summed E-state index contributed by atoms with van der Waals surface area (Å²) >= 11 is 3.69. The molecular formula is C28H20N2S2. The third kappa shape index (κ3) is 3.44. The van der Waals surface area contributed by atoms with E-state index in [2.05, 4.69) is 108 Å². The fourth-order valence-electron chi connectivity index (χ4n) is 3.99. The van der Waals surface area contributed by atoms with Gasteiger partial charge in [-0.25, -0.2) is 0 Å². The molecule has 0 aliphatic carbocycles. The first kappa shape index (κ1) is 19.1. The summed E-state index contributed by atoms with van der Waals surface area (Å²) in [5.74, 6) is 0. The van der Waals surface area contributed by atoms with Crippen LogP contribution < -0.4 is 10.6 Å². The summed E-state index contributed by atoms with van der Waals surface area (Å²) in [6, 6.07) is 38.1. The van der Waals surface area contributed by atoms with E-state index in [0.717, 1.165) is 11.4 Å². The number of rotatable bonds is 5. The average Bonchev–Trinajstić information content (AvgIpc) is 3.39. The van der Waals surface area contributed by atoms with Gasteiger partial charge in [0, 0.05) is 31.5 Å². The first-order valence-corrected chi connectivity index (χ1v) is 12.2. The van der Waals surface area contributed by atoms with E-state index >= 15 is 0 Å². The molecule has 2 heterocycles. The van der Waals surface area contributed by atoms with Gasteiger partial charge in [-0.3, -0.25) is 0 Å². The highest BCUT2D eigenvalue weighted by atomic mass is 32.1. The normalized spacial score (nSPS) is 11.1. The van der Waals surface area contributed by atoms with Crippen LogP contribution in [0.5, 0.6) is 0 Å². The van der Waals surface area contributed by atoms with Crippen LogP contribution in [0, 0.1) is 0 Å². The first-order chi connectivity index (χ1) is 15.9. The molecule has 154 valence electrons. The third-order valence-electron chi connectivity index (χ3n) is 5.48. The van der Waals surface area contributed by atoms with Crippen molar-refractivity contribution in [1.82, 2.24) is 0 Å². The van der Waals surface area contributed by atoms with E-state index in [1.54, 1.807) is 0 Å². The number of para-hydroxylation sites is 2. The number of anilines is 4. The number of nitrogens with one attached hydrogen (secondary N) is 2. The van der Waals surface area contributed by atoms with Gasteiger partial charge in [0.05, 0.1) is 21.1 Å². The van der Waals surface area contributed by atoms with E-state index in [4.69, 9.17) is 0 Å². The van der Waals surface area contributed by atoms with Gasteiger partial charge in [0.1, 0.15) is 0 Å². The van der Waals surface area contributed by atoms with Gasteiger partial charge in [-0.1, -0.05) is 72.8 Å². The van der Waals surface area contributed by atoms with Crippen molar-refractivity contribution in [2.24, 2.45) is 0 Å². The Labute approximate surface area is 194 Å². The number of hydrogen-bond acceptors (Lipinski definition) is 4. The highest BCUT2D eigenvalue weighted by Gasteiger charge is 2.21. The molecule has 4 heteroatoms. The second-order valence-electron chi connectivity index (χ2n) is 7.59. The Balaban J connectivity index is 1.58. The number of benzene rings is 4. The minimum absolute atomic E-state index is 1.09. The third-order valence-corrected chi connectivity index (χ3v) is 7.99. The maximum absolute atomic E-state index is 3.72. The molecule has 6 aromatic rings. The molecule has 0 saturated carbocycles. The van der Waals surface area contributed by atoms with Crippen molar-refractivity contribution < 1.29 is 0 Å². The standard InChI is InChI=1S/C28H20N2S2/c1-3-11-19(12-4-1)29-25-21-15-7-9-17-23(21)31-27(25)28-26(30-20-13-5-2-6-14-20)22-16-8-10-18-24(22)32-28/h1-18,29-30H. The van der Waals surface area contributed by atoms with Gasteiger partial charge in [-0.2, -0.15) is 0 Å². The lowest BCUT2D eigenvalue weighted by molar-refractivity contribution is 1.59. The summed E-state index contributed by atoms with van der Waals surface area (Å²) in [4.78, 5) is 2.52. The average molecular weight is 449 g/mol. The zero-order chi connectivity index (χ0) is 21.3. The fourth-order valence-corrected chi connectivity index (χ4v) is 6.45. The SMILES string of the molecule is c1ccc(Nc2c(-c3sc4ccccc4c3Nc3ccccc3)sc3ccccc23)cc1. The monoisotopic (exact) mass is 448 g/mol. The van der Waals surface area contributed by atoms with Crippen molar-refractivity contribution in [3.05, 3.63) is 109 Å². The van der Waals surface area contributed by atoms with E-state index in [9.17, 15) is 0 Å². The van der Waals surface area contributed by atoms with Crippen LogP contribution in [0.25, 0.3) is 29.9 Å². The molecule has 0 saturated heterocycles. The van der Waals surface area contributed by atoms with Gasteiger partial charge >= 0.3 is 0 Å². The van der Waals surface area contributed by atoms with E-state index in [0.29, 0.717) is 0 Å². The smallest absolute Gasteiger partial charge is 0.0711 e. The molecular weight excluding hydrogens is 428 g/mol. The van der Waals surface area contributed by atoms with Crippen molar-refractivity contribution in [1.29, 1.82) is 0 Å². The first-order valence-electron chi connectivity index (χ1n) is 10.5. The van der Waals surface area contributed by atoms with E-state index < -0.39 is 0 Å². The molecule has 6 rings (SSSR count). The Morgan fingerprint density at radius 2 is 0.781 bits per heavy atom. The molecule has 0 radical (unpaired) electrons. The van der Waals surface area contributed by atoms with Gasteiger partial charge in [-0.15, -0.1) is 22.7 Å². The Morgan fingerprint density at radius 1 is 0.406 bits per heavy atom. The van der Waals surface area contributed by atoms with Gasteiger partial charge in [0.15, 0.2) is 0 Å². The van der Waals surface area contributed by atoms with E-state index in [1.165, 1.54) is 41.3 Å². The quantitative estimate of drug-likeness (QED) is 0.274. The molecule has 4 aromatic carbocycles. The second kappa shape index (κ2) is 8.15. The highest BCUT2D eigenvalue weighted by molar-refractivity contribution is 7.29. The van der Waals surface area contributed by atoms with Gasteiger partial charge < -0.3 is 10.6 Å². The van der Waals surface area contributed by atoms with Crippen LogP contribution >= 0.6 is 22.7 Å². The number of thiophene rings is 2. The fraction of sp³-hybridized carbons (Fsp3) is 0. The Morgan fingerprint density at radius 3 is 1.22 bits per heavy atom. The van der Waals surface area contributed by atoms with Gasteiger partial charge in [0.25, 0.3) is 0 Å². The van der Waals surface area contributed by atoms with Crippen LogP contribution in [0.4, 0.5) is 22.7 Å². The molecule has 0 aliphatic heterocycles. The minimum Gasteiger partial charge on any atom is -0.354 e. The highest BCUT2D eigenvalue weighted by Crippen LogP contribution is 2.52. The lowest BCUT2D eigenvalue weighted by atomic mass is 10.1. The molecule has 0 aliphatic rings. The van der Waals surface area contributed by atoms with Crippen LogP contribution in [-0.4, -0.2) is 0 Å². The molecule has 0 unspecified atom stereocenters.